The molecule has 3 heteroatoms. The van der Waals surface area contributed by atoms with Crippen LogP contribution in [0.3, 0.4) is 0 Å². The van der Waals surface area contributed by atoms with Crippen LogP contribution in [0.4, 0.5) is 0 Å². The van der Waals surface area contributed by atoms with Gasteiger partial charge in [0.05, 0.1) is 7.11 Å². The van der Waals surface area contributed by atoms with E-state index in [0.717, 1.165) is 18.8 Å². The lowest BCUT2D eigenvalue weighted by atomic mass is 9.84. The standard InChI is InChI=1S/C16H24BrNO/c1-10(2)13-9-14(17)11(3)15(16(13)19-4)12-5-7-18-8-6-12/h9-10,12,18H,5-8H2,1-4H3. The van der Waals surface area contributed by atoms with Crippen LogP contribution in [-0.2, 0) is 0 Å². The number of ether oxygens (including phenoxy) is 1. The number of methoxy groups -OCH3 is 1. The predicted octanol–water partition coefficient (Wildman–Crippen LogP) is 4.36. The van der Waals surface area contributed by atoms with Crippen molar-refractivity contribution in [2.24, 2.45) is 0 Å². The zero-order chi connectivity index (χ0) is 14.0. The molecule has 1 aliphatic heterocycles. The fraction of sp³-hybridized carbons (Fsp3) is 0.625. The molecule has 1 heterocycles. The van der Waals surface area contributed by atoms with E-state index in [1.54, 1.807) is 7.11 Å². The molecule has 0 radical (unpaired) electrons. The lowest BCUT2D eigenvalue weighted by molar-refractivity contribution is 0.384. The molecule has 1 saturated heterocycles. The van der Waals surface area contributed by atoms with Crippen LogP contribution in [0.2, 0.25) is 0 Å². The quantitative estimate of drug-likeness (QED) is 0.891. The normalized spacial score (nSPS) is 16.9. The summed E-state index contributed by atoms with van der Waals surface area (Å²) in [7, 11) is 1.80. The van der Waals surface area contributed by atoms with E-state index in [1.165, 1.54) is 34.0 Å². The zero-order valence-electron chi connectivity index (χ0n) is 12.3. The SMILES string of the molecule is COc1c(C(C)C)cc(Br)c(C)c1C1CCNCC1. The van der Waals surface area contributed by atoms with E-state index in [4.69, 9.17) is 4.74 Å². The Morgan fingerprint density at radius 2 is 1.95 bits per heavy atom. The van der Waals surface area contributed by atoms with E-state index in [9.17, 15) is 0 Å². The Morgan fingerprint density at radius 3 is 2.47 bits per heavy atom. The van der Waals surface area contributed by atoms with Gasteiger partial charge in [-0.25, -0.2) is 0 Å². The first-order valence-corrected chi connectivity index (χ1v) is 7.93. The van der Waals surface area contributed by atoms with Crippen molar-refractivity contribution in [1.82, 2.24) is 5.32 Å². The van der Waals surface area contributed by atoms with Gasteiger partial charge in [-0.2, -0.15) is 0 Å². The highest BCUT2D eigenvalue weighted by atomic mass is 79.9. The van der Waals surface area contributed by atoms with Crippen LogP contribution < -0.4 is 10.1 Å². The minimum absolute atomic E-state index is 0.479. The molecule has 1 aromatic rings. The van der Waals surface area contributed by atoms with Gasteiger partial charge in [-0.05, 0) is 61.9 Å². The number of rotatable bonds is 3. The van der Waals surface area contributed by atoms with Gasteiger partial charge in [0.25, 0.3) is 0 Å². The highest BCUT2D eigenvalue weighted by molar-refractivity contribution is 9.10. The molecule has 0 amide bonds. The lowest BCUT2D eigenvalue weighted by Gasteiger charge is -2.28. The zero-order valence-corrected chi connectivity index (χ0v) is 13.9. The number of halogens is 1. The maximum absolute atomic E-state index is 5.79. The first-order valence-electron chi connectivity index (χ1n) is 7.13. The molecule has 0 aromatic heterocycles. The van der Waals surface area contributed by atoms with Crippen LogP contribution in [0.5, 0.6) is 5.75 Å². The van der Waals surface area contributed by atoms with Crippen molar-refractivity contribution in [3.8, 4) is 5.75 Å². The molecule has 2 rings (SSSR count). The summed E-state index contributed by atoms with van der Waals surface area (Å²) in [6.07, 6.45) is 2.40. The molecule has 0 saturated carbocycles. The van der Waals surface area contributed by atoms with Crippen molar-refractivity contribution in [2.45, 2.75) is 45.4 Å². The van der Waals surface area contributed by atoms with Crippen LogP contribution in [-0.4, -0.2) is 20.2 Å². The summed E-state index contributed by atoms with van der Waals surface area (Å²) in [5.74, 6) is 2.21. The van der Waals surface area contributed by atoms with Crippen molar-refractivity contribution in [1.29, 1.82) is 0 Å². The molecule has 1 fully saturated rings. The van der Waals surface area contributed by atoms with Gasteiger partial charge in [0, 0.05) is 10.0 Å². The second-order valence-corrected chi connectivity index (χ2v) is 6.55. The maximum Gasteiger partial charge on any atom is 0.126 e. The molecule has 1 aliphatic rings. The Hall–Kier alpha value is -0.540. The fourth-order valence-electron chi connectivity index (χ4n) is 3.02. The molecule has 0 atom stereocenters. The van der Waals surface area contributed by atoms with E-state index in [2.05, 4.69) is 48.1 Å². The van der Waals surface area contributed by atoms with Gasteiger partial charge in [-0.15, -0.1) is 0 Å². The average Bonchev–Trinajstić information content (AvgIpc) is 2.41. The van der Waals surface area contributed by atoms with E-state index in [-0.39, 0.29) is 0 Å². The third-order valence-corrected chi connectivity index (χ3v) is 4.95. The Morgan fingerprint density at radius 1 is 1.32 bits per heavy atom. The highest BCUT2D eigenvalue weighted by Gasteiger charge is 2.25. The lowest BCUT2D eigenvalue weighted by Crippen LogP contribution is -2.27. The van der Waals surface area contributed by atoms with E-state index in [1.807, 2.05) is 0 Å². The van der Waals surface area contributed by atoms with Crippen LogP contribution in [0.15, 0.2) is 10.5 Å². The van der Waals surface area contributed by atoms with Crippen LogP contribution in [0.25, 0.3) is 0 Å². The van der Waals surface area contributed by atoms with Gasteiger partial charge in [0.2, 0.25) is 0 Å². The second-order valence-electron chi connectivity index (χ2n) is 5.70. The van der Waals surface area contributed by atoms with Crippen molar-refractivity contribution in [3.05, 3.63) is 27.2 Å². The predicted molar refractivity (Wildman–Crippen MR) is 84.4 cm³/mol. The molecular formula is C16H24BrNO. The molecule has 1 N–H and O–H groups in total. The molecule has 19 heavy (non-hydrogen) atoms. The summed E-state index contributed by atoms with van der Waals surface area (Å²) >= 11 is 3.72. The summed E-state index contributed by atoms with van der Waals surface area (Å²) in [6.45, 7) is 8.87. The van der Waals surface area contributed by atoms with Crippen LogP contribution >= 0.6 is 15.9 Å². The van der Waals surface area contributed by atoms with Gasteiger partial charge in [0.1, 0.15) is 5.75 Å². The first-order chi connectivity index (χ1) is 9.06. The third kappa shape index (κ3) is 2.97. The number of hydrogen-bond acceptors (Lipinski definition) is 2. The minimum atomic E-state index is 0.479. The third-order valence-electron chi connectivity index (χ3n) is 4.12. The van der Waals surface area contributed by atoms with E-state index >= 15 is 0 Å². The van der Waals surface area contributed by atoms with Crippen molar-refractivity contribution >= 4 is 15.9 Å². The van der Waals surface area contributed by atoms with Gasteiger partial charge in [-0.1, -0.05) is 29.8 Å². The topological polar surface area (TPSA) is 21.3 Å². The maximum atomic E-state index is 5.79. The van der Waals surface area contributed by atoms with Crippen molar-refractivity contribution in [2.75, 3.05) is 20.2 Å². The summed E-state index contributed by atoms with van der Waals surface area (Å²) in [4.78, 5) is 0. The Balaban J connectivity index is 2.55. The minimum Gasteiger partial charge on any atom is -0.496 e. The Kier molecular flexibility index (Phi) is 4.91. The summed E-state index contributed by atoms with van der Waals surface area (Å²) in [6, 6.07) is 2.23. The van der Waals surface area contributed by atoms with Crippen LogP contribution in [0.1, 0.15) is 55.2 Å². The van der Waals surface area contributed by atoms with Crippen LogP contribution in [0, 0.1) is 6.92 Å². The van der Waals surface area contributed by atoms with E-state index in [0.29, 0.717) is 11.8 Å². The summed E-state index contributed by atoms with van der Waals surface area (Å²) in [5, 5.41) is 3.44. The van der Waals surface area contributed by atoms with Gasteiger partial charge in [0.15, 0.2) is 0 Å². The monoisotopic (exact) mass is 325 g/mol. The molecule has 106 valence electrons. The van der Waals surface area contributed by atoms with E-state index < -0.39 is 0 Å². The number of hydrogen-bond donors (Lipinski definition) is 1. The molecule has 0 unspecified atom stereocenters. The van der Waals surface area contributed by atoms with Gasteiger partial charge < -0.3 is 10.1 Å². The molecule has 0 aliphatic carbocycles. The van der Waals surface area contributed by atoms with Crippen molar-refractivity contribution in [3.63, 3.8) is 0 Å². The number of piperidine rings is 1. The van der Waals surface area contributed by atoms with Gasteiger partial charge in [-0.3, -0.25) is 0 Å². The average molecular weight is 326 g/mol. The summed E-state index contributed by atoms with van der Waals surface area (Å²) in [5.41, 5.74) is 4.07. The van der Waals surface area contributed by atoms with Crippen molar-refractivity contribution < 1.29 is 4.74 Å². The number of benzene rings is 1. The molecule has 0 bridgehead atoms. The smallest absolute Gasteiger partial charge is 0.126 e. The summed E-state index contributed by atoms with van der Waals surface area (Å²) < 4.78 is 7.00. The fourth-order valence-corrected chi connectivity index (χ4v) is 3.48. The molecular weight excluding hydrogens is 302 g/mol. The van der Waals surface area contributed by atoms with Gasteiger partial charge >= 0.3 is 0 Å². The molecule has 1 aromatic carbocycles. The molecule has 0 spiro atoms. The molecule has 2 nitrogen and oxygen atoms in total. The highest BCUT2D eigenvalue weighted by Crippen LogP contribution is 2.42. The first kappa shape index (κ1) is 14.9. The largest absolute Gasteiger partial charge is 0.496 e. The Labute approximate surface area is 125 Å². The number of nitrogens with one attached hydrogen (secondary N) is 1. The second kappa shape index (κ2) is 6.27. The Bertz CT molecular complexity index is 451.